The topological polar surface area (TPSA) is 58.2 Å². The highest BCUT2D eigenvalue weighted by molar-refractivity contribution is 5.91. The summed E-state index contributed by atoms with van der Waals surface area (Å²) in [4.78, 5) is 21.5. The molecule has 3 heterocycles. The molecule has 0 saturated carbocycles. The van der Waals surface area contributed by atoms with Gasteiger partial charge in [-0.05, 0) is 29.7 Å². The van der Waals surface area contributed by atoms with Crippen LogP contribution in [0.2, 0.25) is 0 Å². The van der Waals surface area contributed by atoms with Crippen molar-refractivity contribution in [2.45, 2.75) is 13.0 Å². The number of carbonyl (C=O) groups is 1. The predicted molar refractivity (Wildman–Crippen MR) is 96.9 cm³/mol. The second-order valence-electron chi connectivity index (χ2n) is 6.07. The minimum absolute atomic E-state index is 0.264. The van der Waals surface area contributed by atoms with Gasteiger partial charge in [-0.1, -0.05) is 36.4 Å². The molecule has 1 N–H and O–H groups in total. The van der Waals surface area contributed by atoms with Crippen LogP contribution in [0.3, 0.4) is 0 Å². The Kier molecular flexibility index (Phi) is 4.21. The van der Waals surface area contributed by atoms with E-state index in [0.29, 0.717) is 19.7 Å². The number of pyridine rings is 1. The maximum atomic E-state index is 12.2. The van der Waals surface area contributed by atoms with Crippen molar-refractivity contribution in [3.05, 3.63) is 72.1 Å². The van der Waals surface area contributed by atoms with Crippen molar-refractivity contribution in [1.82, 2.24) is 14.9 Å². The molecule has 1 amide bonds. The van der Waals surface area contributed by atoms with Crippen molar-refractivity contribution in [3.63, 3.8) is 0 Å². The molecule has 3 aromatic rings. The van der Waals surface area contributed by atoms with Crippen molar-refractivity contribution in [1.29, 1.82) is 0 Å². The third-order valence-electron chi connectivity index (χ3n) is 4.47. The van der Waals surface area contributed by atoms with E-state index in [1.807, 2.05) is 42.6 Å². The van der Waals surface area contributed by atoms with Gasteiger partial charge in [-0.25, -0.2) is 9.78 Å². The molecule has 0 fully saturated rings. The highest BCUT2D eigenvalue weighted by Gasteiger charge is 2.20. The maximum Gasteiger partial charge on any atom is 0.410 e. The van der Waals surface area contributed by atoms with Gasteiger partial charge in [-0.3, -0.25) is 0 Å². The van der Waals surface area contributed by atoms with Gasteiger partial charge in [0.05, 0.1) is 0 Å². The summed E-state index contributed by atoms with van der Waals surface area (Å²) in [5.74, 6) is 0. The van der Waals surface area contributed by atoms with Crippen LogP contribution in [-0.2, 0) is 11.3 Å². The van der Waals surface area contributed by atoms with Gasteiger partial charge in [-0.15, -0.1) is 0 Å². The molecule has 0 spiro atoms. The molecule has 5 heteroatoms. The zero-order valence-electron chi connectivity index (χ0n) is 13.8. The van der Waals surface area contributed by atoms with Gasteiger partial charge in [0.15, 0.2) is 0 Å². The quantitative estimate of drug-likeness (QED) is 0.788. The molecule has 0 radical (unpaired) electrons. The number of rotatable bonds is 3. The summed E-state index contributed by atoms with van der Waals surface area (Å²) < 4.78 is 5.41. The van der Waals surface area contributed by atoms with E-state index in [2.05, 4.69) is 22.1 Å². The van der Waals surface area contributed by atoms with E-state index < -0.39 is 0 Å². The minimum atomic E-state index is -0.264. The highest BCUT2D eigenvalue weighted by Crippen LogP contribution is 2.28. The number of benzene rings is 1. The lowest BCUT2D eigenvalue weighted by Crippen LogP contribution is -2.35. The Bertz CT molecular complexity index is 915. The number of carbonyl (C=O) groups excluding carboxylic acids is 1. The van der Waals surface area contributed by atoms with E-state index in [9.17, 15) is 4.79 Å². The van der Waals surface area contributed by atoms with E-state index in [-0.39, 0.29) is 6.09 Å². The highest BCUT2D eigenvalue weighted by atomic mass is 16.6. The predicted octanol–water partition coefficient (Wildman–Crippen LogP) is 3.99. The molecule has 0 aliphatic carbocycles. The molecule has 1 aliphatic heterocycles. The minimum Gasteiger partial charge on any atom is -0.445 e. The van der Waals surface area contributed by atoms with Crippen LogP contribution >= 0.6 is 0 Å². The Morgan fingerprint density at radius 1 is 1.20 bits per heavy atom. The molecule has 5 nitrogen and oxygen atoms in total. The van der Waals surface area contributed by atoms with Crippen LogP contribution in [-0.4, -0.2) is 34.1 Å². The van der Waals surface area contributed by atoms with Crippen molar-refractivity contribution >= 4 is 22.7 Å². The SMILES string of the molecule is O=C(OCc1ccccc1)N1CC=C(c2c[nH]c3ncccc23)CC1. The third-order valence-corrected chi connectivity index (χ3v) is 4.47. The average molecular weight is 333 g/mol. The lowest BCUT2D eigenvalue weighted by Gasteiger charge is -2.25. The van der Waals surface area contributed by atoms with E-state index in [4.69, 9.17) is 4.74 Å². The first-order chi connectivity index (χ1) is 12.3. The molecule has 0 atom stereocenters. The molecular weight excluding hydrogens is 314 g/mol. The number of hydrogen-bond acceptors (Lipinski definition) is 3. The van der Waals surface area contributed by atoms with Gasteiger partial charge in [0.2, 0.25) is 0 Å². The Balaban J connectivity index is 1.41. The van der Waals surface area contributed by atoms with Crippen LogP contribution in [0, 0.1) is 0 Å². The monoisotopic (exact) mass is 333 g/mol. The summed E-state index contributed by atoms with van der Waals surface area (Å²) in [7, 11) is 0. The number of amides is 1. The third kappa shape index (κ3) is 3.26. The van der Waals surface area contributed by atoms with E-state index in [1.54, 1.807) is 11.1 Å². The van der Waals surface area contributed by atoms with Gasteiger partial charge in [-0.2, -0.15) is 0 Å². The fourth-order valence-electron chi connectivity index (χ4n) is 3.11. The Labute approximate surface area is 145 Å². The van der Waals surface area contributed by atoms with Gasteiger partial charge in [0, 0.05) is 36.4 Å². The van der Waals surface area contributed by atoms with Crippen LogP contribution in [0.5, 0.6) is 0 Å². The molecule has 1 aliphatic rings. The van der Waals surface area contributed by atoms with Gasteiger partial charge in [0.1, 0.15) is 12.3 Å². The number of aromatic amines is 1. The van der Waals surface area contributed by atoms with Crippen LogP contribution in [0.25, 0.3) is 16.6 Å². The fourth-order valence-corrected chi connectivity index (χ4v) is 3.11. The smallest absolute Gasteiger partial charge is 0.410 e. The van der Waals surface area contributed by atoms with Crippen molar-refractivity contribution in [2.24, 2.45) is 0 Å². The second-order valence-corrected chi connectivity index (χ2v) is 6.07. The van der Waals surface area contributed by atoms with Crippen molar-refractivity contribution in [3.8, 4) is 0 Å². The summed E-state index contributed by atoms with van der Waals surface area (Å²) >= 11 is 0. The lowest BCUT2D eigenvalue weighted by molar-refractivity contribution is 0.0998. The van der Waals surface area contributed by atoms with Crippen LogP contribution in [0.15, 0.2) is 60.9 Å². The number of aromatic nitrogens is 2. The number of fused-ring (bicyclic) bond motifs is 1. The first kappa shape index (κ1) is 15.4. The number of H-pyrrole nitrogens is 1. The molecule has 1 aromatic carbocycles. The van der Waals surface area contributed by atoms with Crippen LogP contribution in [0.4, 0.5) is 4.79 Å². The standard InChI is InChI=1S/C20H19N3O2/c24-20(25-14-15-5-2-1-3-6-15)23-11-8-16(9-12-23)18-13-22-19-17(18)7-4-10-21-19/h1-8,10,13H,9,11-12,14H2,(H,21,22). The number of hydrogen-bond donors (Lipinski definition) is 1. The molecule has 2 aromatic heterocycles. The Morgan fingerprint density at radius 2 is 2.08 bits per heavy atom. The van der Waals surface area contributed by atoms with Crippen molar-refractivity contribution in [2.75, 3.05) is 13.1 Å². The summed E-state index contributed by atoms with van der Waals surface area (Å²) in [5.41, 5.74) is 4.30. The normalized spacial score (nSPS) is 14.4. The number of nitrogens with one attached hydrogen (secondary N) is 1. The maximum absolute atomic E-state index is 12.2. The van der Waals surface area contributed by atoms with E-state index in [0.717, 1.165) is 23.0 Å². The largest absolute Gasteiger partial charge is 0.445 e. The van der Waals surface area contributed by atoms with Gasteiger partial charge >= 0.3 is 6.09 Å². The number of nitrogens with zero attached hydrogens (tertiary/aromatic N) is 2. The zero-order chi connectivity index (χ0) is 17.1. The first-order valence-corrected chi connectivity index (χ1v) is 8.38. The zero-order valence-corrected chi connectivity index (χ0v) is 13.8. The first-order valence-electron chi connectivity index (χ1n) is 8.38. The summed E-state index contributed by atoms with van der Waals surface area (Å²) in [5, 5.41) is 1.12. The fraction of sp³-hybridized carbons (Fsp3) is 0.200. The summed E-state index contributed by atoms with van der Waals surface area (Å²) in [6.45, 7) is 1.53. The average Bonchev–Trinajstić information content (AvgIpc) is 3.11. The molecule has 0 unspecified atom stereocenters. The van der Waals surface area contributed by atoms with E-state index >= 15 is 0 Å². The Morgan fingerprint density at radius 3 is 2.88 bits per heavy atom. The van der Waals surface area contributed by atoms with E-state index in [1.165, 1.54) is 11.1 Å². The molecule has 25 heavy (non-hydrogen) atoms. The van der Waals surface area contributed by atoms with Crippen molar-refractivity contribution < 1.29 is 9.53 Å². The molecule has 0 saturated heterocycles. The molecular formula is C20H19N3O2. The lowest BCUT2D eigenvalue weighted by atomic mass is 10.00. The molecule has 4 rings (SSSR count). The molecule has 126 valence electrons. The van der Waals surface area contributed by atoms with Gasteiger partial charge < -0.3 is 14.6 Å². The number of ether oxygens (including phenoxy) is 1. The van der Waals surface area contributed by atoms with Gasteiger partial charge in [0.25, 0.3) is 0 Å². The second kappa shape index (κ2) is 6.81. The van der Waals surface area contributed by atoms with Crippen LogP contribution in [0.1, 0.15) is 17.5 Å². The van der Waals surface area contributed by atoms with Crippen LogP contribution < -0.4 is 0 Å². The summed E-state index contributed by atoms with van der Waals surface area (Å²) in [6, 6.07) is 13.7. The molecule has 0 bridgehead atoms. The Hall–Kier alpha value is -3.08. The summed E-state index contributed by atoms with van der Waals surface area (Å²) in [6.07, 6.45) is 6.42.